The van der Waals surface area contributed by atoms with Crippen LogP contribution in [0.4, 0.5) is 23.7 Å². The van der Waals surface area contributed by atoms with Gasteiger partial charge in [-0.2, -0.15) is 13.2 Å². The number of carboxylic acid groups (broad SMARTS) is 1. The zero-order valence-electron chi connectivity index (χ0n) is 23.3. The number of amides is 3. The molecule has 2 aliphatic rings. The first kappa shape index (κ1) is 31.7. The van der Waals surface area contributed by atoms with E-state index in [2.05, 4.69) is 16.0 Å². The van der Waals surface area contributed by atoms with E-state index < -0.39 is 40.7 Å². The highest BCUT2D eigenvalue weighted by atomic mass is 35.5. The second-order valence-corrected chi connectivity index (χ2v) is 11.8. The predicted molar refractivity (Wildman–Crippen MR) is 154 cm³/mol. The number of benzene rings is 2. The third-order valence-electron chi connectivity index (χ3n) is 8.58. The number of halogens is 4. The van der Waals surface area contributed by atoms with Gasteiger partial charge >= 0.3 is 18.2 Å². The highest BCUT2D eigenvalue weighted by Gasteiger charge is 2.35. The molecule has 4 N–H and O–H groups in total. The van der Waals surface area contributed by atoms with E-state index in [9.17, 15) is 27.6 Å². The van der Waals surface area contributed by atoms with Crippen molar-refractivity contribution in [3.05, 3.63) is 64.2 Å². The molecule has 2 fully saturated rings. The molecule has 3 amide bonds. The number of alkyl halides is 3. The Balaban J connectivity index is 1.48. The van der Waals surface area contributed by atoms with Crippen LogP contribution in [0.1, 0.15) is 91.7 Å². The number of urea groups is 1. The van der Waals surface area contributed by atoms with E-state index >= 15 is 0 Å². The lowest BCUT2D eigenvalue weighted by molar-refractivity contribution is -0.138. The second-order valence-electron chi connectivity index (χ2n) is 11.4. The average Bonchev–Trinajstić information content (AvgIpc) is 2.97. The number of carbonyl (C=O) groups is 3. The summed E-state index contributed by atoms with van der Waals surface area (Å²) >= 11 is 5.73. The Morgan fingerprint density at radius 1 is 0.905 bits per heavy atom. The molecule has 2 aliphatic carbocycles. The molecule has 7 nitrogen and oxygen atoms in total. The maximum atomic E-state index is 13.3. The molecule has 11 heteroatoms. The van der Waals surface area contributed by atoms with Crippen LogP contribution in [0.5, 0.6) is 0 Å². The summed E-state index contributed by atoms with van der Waals surface area (Å²) in [5.74, 6) is 0.121. The van der Waals surface area contributed by atoms with Crippen molar-refractivity contribution in [3.8, 4) is 0 Å². The quantitative estimate of drug-likeness (QED) is 0.233. The Morgan fingerprint density at radius 3 is 2.17 bits per heavy atom. The smallest absolute Gasteiger partial charge is 0.417 e. The van der Waals surface area contributed by atoms with E-state index in [1.54, 1.807) is 24.3 Å². The van der Waals surface area contributed by atoms with Gasteiger partial charge in [-0.25, -0.2) is 4.79 Å². The van der Waals surface area contributed by atoms with Crippen molar-refractivity contribution in [1.29, 1.82) is 0 Å². The van der Waals surface area contributed by atoms with Crippen LogP contribution >= 0.6 is 11.6 Å². The van der Waals surface area contributed by atoms with Crippen LogP contribution in [0.2, 0.25) is 5.02 Å². The maximum Gasteiger partial charge on any atom is 0.417 e. The highest BCUT2D eigenvalue weighted by Crippen LogP contribution is 2.43. The number of carbonyl (C=O) groups excluding carboxylic acids is 2. The Kier molecular flexibility index (Phi) is 10.8. The Morgan fingerprint density at radius 2 is 1.55 bits per heavy atom. The monoisotopic (exact) mass is 607 g/mol. The van der Waals surface area contributed by atoms with Gasteiger partial charge in [0, 0.05) is 17.8 Å². The molecule has 0 spiro atoms. The normalized spacial score (nSPS) is 20.4. The maximum absolute atomic E-state index is 13.3. The number of nitrogens with one attached hydrogen (secondary N) is 3. The molecule has 42 heavy (non-hydrogen) atoms. The first-order valence-corrected chi connectivity index (χ1v) is 14.9. The van der Waals surface area contributed by atoms with E-state index in [4.69, 9.17) is 16.7 Å². The van der Waals surface area contributed by atoms with Gasteiger partial charge in [-0.1, -0.05) is 55.8 Å². The topological polar surface area (TPSA) is 108 Å². The minimum absolute atomic E-state index is 0.00521. The van der Waals surface area contributed by atoms with Gasteiger partial charge < -0.3 is 21.1 Å². The fourth-order valence-electron chi connectivity index (χ4n) is 6.38. The van der Waals surface area contributed by atoms with Gasteiger partial charge in [-0.05, 0) is 79.3 Å². The molecule has 2 saturated carbocycles. The van der Waals surface area contributed by atoms with Crippen LogP contribution in [0.15, 0.2) is 42.5 Å². The largest absolute Gasteiger partial charge is 0.481 e. The van der Waals surface area contributed by atoms with Gasteiger partial charge in [0.2, 0.25) is 0 Å². The molecule has 0 heterocycles. The molecule has 228 valence electrons. The van der Waals surface area contributed by atoms with Crippen LogP contribution in [0.25, 0.3) is 0 Å². The molecule has 4 rings (SSSR count). The summed E-state index contributed by atoms with van der Waals surface area (Å²) in [6.07, 6.45) is 5.50. The van der Waals surface area contributed by atoms with Crippen LogP contribution in [0, 0.1) is 17.8 Å². The van der Waals surface area contributed by atoms with Crippen molar-refractivity contribution >= 4 is 35.2 Å². The van der Waals surface area contributed by atoms with Gasteiger partial charge in [-0.15, -0.1) is 0 Å². The lowest BCUT2D eigenvalue weighted by atomic mass is 9.69. The second kappa shape index (κ2) is 14.3. The van der Waals surface area contributed by atoms with Gasteiger partial charge in [0.25, 0.3) is 5.91 Å². The summed E-state index contributed by atoms with van der Waals surface area (Å²) in [7, 11) is 0. The van der Waals surface area contributed by atoms with E-state index in [1.165, 1.54) is 38.2 Å². The minimum atomic E-state index is -4.66. The summed E-state index contributed by atoms with van der Waals surface area (Å²) in [5, 5.41) is 16.4. The Bertz CT molecular complexity index is 1240. The Labute approximate surface area is 248 Å². The van der Waals surface area contributed by atoms with Crippen LogP contribution in [-0.4, -0.2) is 29.6 Å². The fourth-order valence-corrected chi connectivity index (χ4v) is 6.61. The molecule has 0 aromatic heterocycles. The fraction of sp³-hybridized carbons (Fsp3) is 0.516. The Hall–Kier alpha value is -3.27. The third-order valence-corrected chi connectivity index (χ3v) is 8.91. The first-order valence-electron chi connectivity index (χ1n) is 14.6. The SMILES string of the molecule is O=C(O)CCNC(=O)c1ccc(C(NC(=O)Nc2ccc(Cl)c(C(F)(F)F)c2)C2CCC(C3CCCCC3)CC2)cc1. The minimum Gasteiger partial charge on any atom is -0.481 e. The van der Waals surface area contributed by atoms with Crippen molar-refractivity contribution in [3.63, 3.8) is 0 Å². The lowest BCUT2D eigenvalue weighted by Gasteiger charge is -2.38. The molecule has 1 unspecified atom stereocenters. The summed E-state index contributed by atoms with van der Waals surface area (Å²) < 4.78 is 40.0. The molecular formula is C31H37ClF3N3O4. The summed E-state index contributed by atoms with van der Waals surface area (Å²) in [4.78, 5) is 36.3. The van der Waals surface area contributed by atoms with Crippen molar-refractivity contribution in [1.82, 2.24) is 10.6 Å². The van der Waals surface area contributed by atoms with Gasteiger partial charge in [-0.3, -0.25) is 9.59 Å². The van der Waals surface area contributed by atoms with E-state index in [0.717, 1.165) is 49.3 Å². The lowest BCUT2D eigenvalue weighted by Crippen LogP contribution is -2.38. The molecule has 0 bridgehead atoms. The van der Waals surface area contributed by atoms with E-state index in [-0.39, 0.29) is 24.6 Å². The molecule has 0 saturated heterocycles. The van der Waals surface area contributed by atoms with Gasteiger partial charge in [0.05, 0.1) is 23.0 Å². The molecule has 0 aliphatic heterocycles. The molecule has 2 aromatic rings. The van der Waals surface area contributed by atoms with E-state index in [1.807, 2.05) is 0 Å². The number of carboxylic acids is 1. The van der Waals surface area contributed by atoms with E-state index in [0.29, 0.717) is 11.5 Å². The number of aliphatic carboxylic acids is 1. The van der Waals surface area contributed by atoms with Crippen molar-refractivity contribution in [2.45, 2.75) is 76.4 Å². The molecule has 1 atom stereocenters. The zero-order chi connectivity index (χ0) is 30.3. The predicted octanol–water partition coefficient (Wildman–Crippen LogP) is 7.81. The van der Waals surface area contributed by atoms with Crippen LogP contribution < -0.4 is 16.0 Å². The summed E-state index contributed by atoms with van der Waals surface area (Å²) in [5.41, 5.74) is 0.0729. The number of anilines is 1. The summed E-state index contributed by atoms with van der Waals surface area (Å²) in [6, 6.07) is 8.94. The van der Waals surface area contributed by atoms with Crippen molar-refractivity contribution in [2.24, 2.45) is 17.8 Å². The average molecular weight is 608 g/mol. The highest BCUT2D eigenvalue weighted by molar-refractivity contribution is 6.31. The van der Waals surface area contributed by atoms with Gasteiger partial charge in [0.1, 0.15) is 0 Å². The molecular weight excluding hydrogens is 571 g/mol. The van der Waals surface area contributed by atoms with Crippen molar-refractivity contribution in [2.75, 3.05) is 11.9 Å². The van der Waals surface area contributed by atoms with Crippen LogP contribution in [0.3, 0.4) is 0 Å². The van der Waals surface area contributed by atoms with Crippen LogP contribution in [-0.2, 0) is 11.0 Å². The molecule has 0 radical (unpaired) electrons. The first-order chi connectivity index (χ1) is 20.0. The summed E-state index contributed by atoms with van der Waals surface area (Å²) in [6.45, 7) is 0.00521. The number of hydrogen-bond acceptors (Lipinski definition) is 3. The molecule has 2 aromatic carbocycles. The van der Waals surface area contributed by atoms with Crippen molar-refractivity contribution < 1.29 is 32.7 Å². The zero-order valence-corrected chi connectivity index (χ0v) is 24.1. The number of rotatable bonds is 9. The number of hydrogen-bond donors (Lipinski definition) is 4. The van der Waals surface area contributed by atoms with Gasteiger partial charge in [0.15, 0.2) is 0 Å². The third kappa shape index (κ3) is 8.63. The standard InChI is InChI=1S/C31H37ClF3N3O4/c32-26-15-14-24(18-25(26)31(33,34)35)37-30(42)38-28(21-8-6-20(7-9-21)19-4-2-1-3-5-19)22-10-12-23(13-11-22)29(41)36-17-16-27(39)40/h10-15,18-21,28H,1-9,16-17H2,(H,36,41)(H,39,40)(H2,37,38,42).